The molecule has 0 spiro atoms. The van der Waals surface area contributed by atoms with Crippen molar-refractivity contribution >= 4 is 17.9 Å². The molecule has 0 aromatic carbocycles. The standard InChI is InChI=1S/C10H17N3O4/c1-12(6-8(11)14)10(17)13-4-2-3-7(13)5-9(15)16/h7H,2-6H2,1H3,(H2,11,14)(H,15,16). The number of urea groups is 1. The van der Waals surface area contributed by atoms with Gasteiger partial charge in [-0.3, -0.25) is 9.59 Å². The quantitative estimate of drug-likeness (QED) is 0.692. The Morgan fingerprint density at radius 1 is 1.47 bits per heavy atom. The number of likely N-dealkylation sites (N-methyl/N-ethyl adjacent to an activating group) is 1. The third kappa shape index (κ3) is 3.61. The van der Waals surface area contributed by atoms with Gasteiger partial charge in [-0.15, -0.1) is 0 Å². The van der Waals surface area contributed by atoms with Gasteiger partial charge in [0.2, 0.25) is 5.91 Å². The van der Waals surface area contributed by atoms with Gasteiger partial charge >= 0.3 is 12.0 Å². The number of carbonyl (C=O) groups excluding carboxylic acids is 2. The number of nitrogens with zero attached hydrogens (tertiary/aromatic N) is 2. The molecule has 1 heterocycles. The number of likely N-dealkylation sites (tertiary alicyclic amines) is 1. The summed E-state index contributed by atoms with van der Waals surface area (Å²) >= 11 is 0. The van der Waals surface area contributed by atoms with Gasteiger partial charge in [-0.1, -0.05) is 0 Å². The van der Waals surface area contributed by atoms with E-state index < -0.39 is 11.9 Å². The number of hydrogen-bond donors (Lipinski definition) is 2. The van der Waals surface area contributed by atoms with Crippen LogP contribution in [0.4, 0.5) is 4.79 Å². The van der Waals surface area contributed by atoms with Crippen molar-refractivity contribution in [2.24, 2.45) is 5.73 Å². The molecule has 3 N–H and O–H groups in total. The number of aliphatic carboxylic acids is 1. The predicted molar refractivity (Wildman–Crippen MR) is 59.2 cm³/mol. The summed E-state index contributed by atoms with van der Waals surface area (Å²) in [6.45, 7) is 0.370. The van der Waals surface area contributed by atoms with E-state index in [0.29, 0.717) is 13.0 Å². The molecule has 1 aliphatic heterocycles. The van der Waals surface area contributed by atoms with E-state index in [0.717, 1.165) is 6.42 Å². The van der Waals surface area contributed by atoms with Gasteiger partial charge in [0, 0.05) is 19.6 Å². The summed E-state index contributed by atoms with van der Waals surface area (Å²) in [7, 11) is 1.48. The van der Waals surface area contributed by atoms with Gasteiger partial charge in [0.05, 0.1) is 6.42 Å². The highest BCUT2D eigenvalue weighted by molar-refractivity contribution is 5.83. The minimum absolute atomic E-state index is 0.0594. The van der Waals surface area contributed by atoms with Crippen LogP contribution in [0.2, 0.25) is 0 Å². The first-order valence-corrected chi connectivity index (χ1v) is 5.43. The van der Waals surface area contributed by atoms with Crippen LogP contribution in [0, 0.1) is 0 Å². The first kappa shape index (κ1) is 13.3. The van der Waals surface area contributed by atoms with Gasteiger partial charge in [0.15, 0.2) is 0 Å². The highest BCUT2D eigenvalue weighted by atomic mass is 16.4. The number of carboxylic acid groups (broad SMARTS) is 1. The second kappa shape index (κ2) is 5.51. The molecule has 96 valence electrons. The molecule has 0 aromatic heterocycles. The molecule has 1 fully saturated rings. The van der Waals surface area contributed by atoms with E-state index in [1.54, 1.807) is 0 Å². The van der Waals surface area contributed by atoms with E-state index in [2.05, 4.69) is 0 Å². The fraction of sp³-hybridized carbons (Fsp3) is 0.700. The highest BCUT2D eigenvalue weighted by Gasteiger charge is 2.32. The summed E-state index contributed by atoms with van der Waals surface area (Å²) in [5, 5.41) is 8.73. The third-order valence-corrected chi connectivity index (χ3v) is 2.75. The van der Waals surface area contributed by atoms with Crippen LogP contribution >= 0.6 is 0 Å². The minimum Gasteiger partial charge on any atom is -0.481 e. The summed E-state index contributed by atoms with van der Waals surface area (Å²) in [6, 6.07) is -0.622. The summed E-state index contributed by atoms with van der Waals surface area (Å²) in [4.78, 5) is 36.0. The lowest BCUT2D eigenvalue weighted by Crippen LogP contribution is -2.46. The molecule has 0 saturated carbocycles. The van der Waals surface area contributed by atoms with Crippen molar-refractivity contribution < 1.29 is 19.5 Å². The number of rotatable bonds is 4. The van der Waals surface area contributed by atoms with Crippen molar-refractivity contribution in [2.45, 2.75) is 25.3 Å². The van der Waals surface area contributed by atoms with E-state index in [1.165, 1.54) is 16.8 Å². The molecule has 0 radical (unpaired) electrons. The predicted octanol–water partition coefficient (Wildman–Crippen LogP) is -0.537. The molecule has 0 aliphatic carbocycles. The largest absolute Gasteiger partial charge is 0.481 e. The number of amides is 3. The minimum atomic E-state index is -0.924. The summed E-state index contributed by atoms with van der Waals surface area (Å²) in [5.74, 6) is -1.51. The lowest BCUT2D eigenvalue weighted by atomic mass is 10.1. The zero-order valence-corrected chi connectivity index (χ0v) is 9.76. The molecule has 7 heteroatoms. The monoisotopic (exact) mass is 243 g/mol. The van der Waals surface area contributed by atoms with E-state index in [9.17, 15) is 14.4 Å². The van der Waals surface area contributed by atoms with Gasteiger partial charge in [0.1, 0.15) is 6.54 Å². The lowest BCUT2D eigenvalue weighted by Gasteiger charge is -2.28. The normalized spacial score (nSPS) is 19.1. The Kier molecular flexibility index (Phi) is 4.30. The van der Waals surface area contributed by atoms with Crippen LogP contribution < -0.4 is 5.73 Å². The number of nitrogens with two attached hydrogens (primary N) is 1. The molecular formula is C10H17N3O4. The van der Waals surface area contributed by atoms with E-state index >= 15 is 0 Å². The van der Waals surface area contributed by atoms with E-state index in [4.69, 9.17) is 10.8 Å². The zero-order valence-electron chi connectivity index (χ0n) is 9.76. The fourth-order valence-corrected chi connectivity index (χ4v) is 2.02. The Morgan fingerprint density at radius 3 is 2.65 bits per heavy atom. The van der Waals surface area contributed by atoms with Gasteiger partial charge in [-0.25, -0.2) is 4.79 Å². The summed E-state index contributed by atoms with van der Waals surface area (Å²) in [5.41, 5.74) is 5.00. The molecule has 1 unspecified atom stereocenters. The van der Waals surface area contributed by atoms with Crippen LogP contribution in [0.3, 0.4) is 0 Å². The van der Waals surface area contributed by atoms with Crippen LogP contribution in [0.5, 0.6) is 0 Å². The Labute approximate surface area is 99.2 Å². The van der Waals surface area contributed by atoms with Gasteiger partial charge < -0.3 is 20.6 Å². The molecular weight excluding hydrogens is 226 g/mol. The van der Waals surface area contributed by atoms with E-state index in [1.807, 2.05) is 0 Å². The number of hydrogen-bond acceptors (Lipinski definition) is 3. The molecule has 1 saturated heterocycles. The van der Waals surface area contributed by atoms with Crippen LogP contribution in [-0.4, -0.2) is 59.0 Å². The molecule has 1 aliphatic rings. The van der Waals surface area contributed by atoms with Crippen molar-refractivity contribution in [2.75, 3.05) is 20.1 Å². The van der Waals surface area contributed by atoms with Gasteiger partial charge in [-0.05, 0) is 12.8 Å². The first-order valence-electron chi connectivity index (χ1n) is 5.43. The van der Waals surface area contributed by atoms with Crippen LogP contribution in [0.1, 0.15) is 19.3 Å². The zero-order chi connectivity index (χ0) is 13.0. The van der Waals surface area contributed by atoms with Crippen molar-refractivity contribution in [1.82, 2.24) is 9.80 Å². The molecule has 1 rings (SSSR count). The van der Waals surface area contributed by atoms with Crippen molar-refractivity contribution in [3.05, 3.63) is 0 Å². The fourth-order valence-electron chi connectivity index (χ4n) is 2.02. The SMILES string of the molecule is CN(CC(N)=O)C(=O)N1CCCC1CC(=O)O. The Morgan fingerprint density at radius 2 is 2.12 bits per heavy atom. The molecule has 0 aromatic rings. The van der Waals surface area contributed by atoms with Crippen LogP contribution in [0.15, 0.2) is 0 Å². The Bertz CT molecular complexity index is 332. The highest BCUT2D eigenvalue weighted by Crippen LogP contribution is 2.21. The maximum Gasteiger partial charge on any atom is 0.320 e. The third-order valence-electron chi connectivity index (χ3n) is 2.75. The Hall–Kier alpha value is -1.79. The summed E-state index contributed by atoms with van der Waals surface area (Å²) in [6.07, 6.45) is 1.41. The average molecular weight is 243 g/mol. The van der Waals surface area contributed by atoms with Crippen molar-refractivity contribution in [3.8, 4) is 0 Å². The second-order valence-electron chi connectivity index (χ2n) is 4.19. The van der Waals surface area contributed by atoms with Gasteiger partial charge in [-0.2, -0.15) is 0 Å². The average Bonchev–Trinajstić information content (AvgIpc) is 2.62. The van der Waals surface area contributed by atoms with Crippen molar-refractivity contribution in [1.29, 1.82) is 0 Å². The number of carboxylic acids is 1. The number of carbonyl (C=O) groups is 3. The maximum atomic E-state index is 11.9. The molecule has 0 bridgehead atoms. The van der Waals surface area contributed by atoms with Crippen LogP contribution in [0.25, 0.3) is 0 Å². The van der Waals surface area contributed by atoms with Gasteiger partial charge in [0.25, 0.3) is 0 Å². The Balaban J connectivity index is 2.60. The van der Waals surface area contributed by atoms with Crippen molar-refractivity contribution in [3.63, 3.8) is 0 Å². The smallest absolute Gasteiger partial charge is 0.320 e. The summed E-state index contributed by atoms with van der Waals surface area (Å²) < 4.78 is 0. The van der Waals surface area contributed by atoms with E-state index in [-0.39, 0.29) is 25.0 Å². The first-order chi connectivity index (χ1) is 7.91. The topological polar surface area (TPSA) is 104 Å². The molecule has 17 heavy (non-hydrogen) atoms. The molecule has 3 amide bonds. The lowest BCUT2D eigenvalue weighted by molar-refractivity contribution is -0.138. The number of primary amides is 1. The molecule has 7 nitrogen and oxygen atoms in total. The molecule has 1 atom stereocenters. The van der Waals surface area contributed by atoms with Crippen LogP contribution in [-0.2, 0) is 9.59 Å². The second-order valence-corrected chi connectivity index (χ2v) is 4.19. The maximum absolute atomic E-state index is 11.9.